The van der Waals surface area contributed by atoms with E-state index >= 15 is 0 Å². The second kappa shape index (κ2) is 4.28. The number of carbonyl (C=O) groups is 1. The molecule has 2 atom stereocenters. The van der Waals surface area contributed by atoms with Crippen molar-refractivity contribution < 1.29 is 14.6 Å². The first-order valence-electron chi connectivity index (χ1n) is 6.17. The molecule has 0 aliphatic carbocycles. The van der Waals surface area contributed by atoms with E-state index in [-0.39, 0.29) is 0 Å². The van der Waals surface area contributed by atoms with Gasteiger partial charge in [-0.1, -0.05) is 30.3 Å². The standard InChI is InChI=1S/C14H19NO3/c1-4-15-12(16)18-13(2,14(15,3)17)10-11-8-6-5-7-9-11/h5-9,17H,4,10H2,1-3H3/t13-,14-/m1/s1. The van der Waals surface area contributed by atoms with Crippen LogP contribution in [0.3, 0.4) is 0 Å². The Hall–Kier alpha value is -1.55. The average molecular weight is 249 g/mol. The molecule has 98 valence electrons. The second-order valence-corrected chi connectivity index (χ2v) is 5.03. The van der Waals surface area contributed by atoms with Crippen LogP contribution in [-0.2, 0) is 11.2 Å². The van der Waals surface area contributed by atoms with E-state index in [4.69, 9.17) is 4.74 Å². The van der Waals surface area contributed by atoms with Crippen molar-refractivity contribution in [3.05, 3.63) is 35.9 Å². The van der Waals surface area contributed by atoms with E-state index in [0.29, 0.717) is 13.0 Å². The molecule has 1 fully saturated rings. The zero-order valence-electron chi connectivity index (χ0n) is 11.0. The Morgan fingerprint density at radius 2 is 1.89 bits per heavy atom. The quantitative estimate of drug-likeness (QED) is 0.893. The van der Waals surface area contributed by atoms with Crippen LogP contribution in [0.25, 0.3) is 0 Å². The van der Waals surface area contributed by atoms with Crippen molar-refractivity contribution in [2.75, 3.05) is 6.54 Å². The molecule has 0 aromatic heterocycles. The summed E-state index contributed by atoms with van der Waals surface area (Å²) in [6, 6.07) is 9.72. The average Bonchev–Trinajstić information content (AvgIpc) is 2.46. The van der Waals surface area contributed by atoms with Crippen LogP contribution in [-0.4, -0.2) is 34.0 Å². The van der Waals surface area contributed by atoms with Crippen molar-refractivity contribution in [2.45, 2.75) is 38.5 Å². The highest BCUT2D eigenvalue weighted by Gasteiger charge is 2.58. The highest BCUT2D eigenvalue weighted by Crippen LogP contribution is 2.39. The molecule has 18 heavy (non-hydrogen) atoms. The number of hydrogen-bond acceptors (Lipinski definition) is 3. The zero-order valence-corrected chi connectivity index (χ0v) is 11.0. The van der Waals surface area contributed by atoms with Crippen molar-refractivity contribution >= 4 is 6.09 Å². The smallest absolute Gasteiger partial charge is 0.412 e. The molecule has 0 bridgehead atoms. The molecule has 2 rings (SSSR count). The normalized spacial score (nSPS) is 31.6. The molecule has 1 aromatic rings. The van der Waals surface area contributed by atoms with E-state index in [0.717, 1.165) is 5.56 Å². The van der Waals surface area contributed by atoms with Crippen LogP contribution >= 0.6 is 0 Å². The summed E-state index contributed by atoms with van der Waals surface area (Å²) in [5, 5.41) is 10.6. The molecule has 4 heteroatoms. The van der Waals surface area contributed by atoms with Crippen LogP contribution in [0.5, 0.6) is 0 Å². The summed E-state index contributed by atoms with van der Waals surface area (Å²) in [6.45, 7) is 5.65. The fraction of sp³-hybridized carbons (Fsp3) is 0.500. The van der Waals surface area contributed by atoms with Gasteiger partial charge in [0.2, 0.25) is 0 Å². The summed E-state index contributed by atoms with van der Waals surface area (Å²) >= 11 is 0. The van der Waals surface area contributed by atoms with Crippen molar-refractivity contribution in [3.63, 3.8) is 0 Å². The number of amides is 1. The lowest BCUT2D eigenvalue weighted by Crippen LogP contribution is -2.55. The SMILES string of the molecule is CCN1C(=O)O[C@](C)(Cc2ccccc2)[C@@]1(C)O. The van der Waals surface area contributed by atoms with Gasteiger partial charge in [-0.3, -0.25) is 4.90 Å². The minimum Gasteiger partial charge on any atom is -0.438 e. The van der Waals surface area contributed by atoms with Crippen LogP contribution < -0.4 is 0 Å². The molecule has 0 saturated carbocycles. The third-order valence-electron chi connectivity index (χ3n) is 3.76. The topological polar surface area (TPSA) is 49.8 Å². The van der Waals surface area contributed by atoms with Crippen LogP contribution in [0.2, 0.25) is 0 Å². The van der Waals surface area contributed by atoms with Crippen LogP contribution in [0.1, 0.15) is 26.3 Å². The van der Waals surface area contributed by atoms with Gasteiger partial charge in [0, 0.05) is 13.0 Å². The number of carbonyl (C=O) groups excluding carboxylic acids is 1. The van der Waals surface area contributed by atoms with Gasteiger partial charge in [0.25, 0.3) is 0 Å². The highest BCUT2D eigenvalue weighted by molar-refractivity contribution is 5.72. The first kappa shape index (κ1) is 12.9. The van der Waals surface area contributed by atoms with Crippen LogP contribution in [0.15, 0.2) is 30.3 Å². The summed E-state index contributed by atoms with van der Waals surface area (Å²) in [5.74, 6) is 0. The van der Waals surface area contributed by atoms with Gasteiger partial charge in [0.15, 0.2) is 11.3 Å². The molecule has 1 N–H and O–H groups in total. The molecule has 1 amide bonds. The first-order chi connectivity index (χ1) is 8.40. The molecule has 1 heterocycles. The minimum absolute atomic E-state index is 0.427. The number of benzene rings is 1. The molecular weight excluding hydrogens is 230 g/mol. The number of likely N-dealkylation sites (N-methyl/N-ethyl adjacent to an activating group) is 1. The van der Waals surface area contributed by atoms with E-state index in [1.165, 1.54) is 4.90 Å². The Bertz CT molecular complexity index is 444. The van der Waals surface area contributed by atoms with Gasteiger partial charge < -0.3 is 9.84 Å². The maximum Gasteiger partial charge on any atom is 0.412 e. The number of cyclic esters (lactones) is 1. The van der Waals surface area contributed by atoms with Crippen LogP contribution in [0.4, 0.5) is 4.79 Å². The predicted molar refractivity (Wildman–Crippen MR) is 68.0 cm³/mol. The minimum atomic E-state index is -1.30. The fourth-order valence-electron chi connectivity index (χ4n) is 2.43. The molecule has 0 spiro atoms. The maximum absolute atomic E-state index is 11.8. The Morgan fingerprint density at radius 1 is 1.28 bits per heavy atom. The number of hydrogen-bond donors (Lipinski definition) is 1. The summed E-state index contributed by atoms with van der Waals surface area (Å²) in [4.78, 5) is 13.1. The van der Waals surface area contributed by atoms with E-state index in [1.807, 2.05) is 37.3 Å². The number of nitrogens with zero attached hydrogens (tertiary/aromatic N) is 1. The lowest BCUT2D eigenvalue weighted by Gasteiger charge is -2.37. The number of aliphatic hydroxyl groups is 1. The lowest BCUT2D eigenvalue weighted by atomic mass is 9.87. The Kier molecular flexibility index (Phi) is 3.07. The number of rotatable bonds is 3. The highest BCUT2D eigenvalue weighted by atomic mass is 16.6. The van der Waals surface area contributed by atoms with Crippen molar-refractivity contribution in [2.24, 2.45) is 0 Å². The summed E-state index contributed by atoms with van der Waals surface area (Å²) in [5.41, 5.74) is -1.19. The van der Waals surface area contributed by atoms with Gasteiger partial charge in [-0.25, -0.2) is 4.79 Å². The molecule has 1 aromatic carbocycles. The number of ether oxygens (including phenoxy) is 1. The zero-order chi connectivity index (χ0) is 13.4. The van der Waals surface area contributed by atoms with Gasteiger partial charge in [0.05, 0.1) is 0 Å². The summed E-state index contributed by atoms with van der Waals surface area (Å²) in [6.07, 6.45) is 0.0317. The van der Waals surface area contributed by atoms with Gasteiger partial charge >= 0.3 is 6.09 Å². The molecule has 1 aliphatic heterocycles. The molecule has 1 saturated heterocycles. The molecular formula is C14H19NO3. The molecule has 0 unspecified atom stereocenters. The Morgan fingerprint density at radius 3 is 2.39 bits per heavy atom. The first-order valence-corrected chi connectivity index (χ1v) is 6.17. The van der Waals surface area contributed by atoms with Gasteiger partial charge in [-0.05, 0) is 26.3 Å². The monoisotopic (exact) mass is 249 g/mol. The summed E-state index contributed by atoms with van der Waals surface area (Å²) in [7, 11) is 0. The third-order valence-corrected chi connectivity index (χ3v) is 3.76. The Balaban J connectivity index is 2.29. The molecule has 4 nitrogen and oxygen atoms in total. The maximum atomic E-state index is 11.8. The van der Waals surface area contributed by atoms with E-state index < -0.39 is 17.4 Å². The summed E-state index contributed by atoms with van der Waals surface area (Å²) < 4.78 is 5.41. The van der Waals surface area contributed by atoms with Crippen molar-refractivity contribution in [1.82, 2.24) is 4.90 Å². The fourth-order valence-corrected chi connectivity index (χ4v) is 2.43. The largest absolute Gasteiger partial charge is 0.438 e. The van der Waals surface area contributed by atoms with Crippen molar-refractivity contribution in [1.29, 1.82) is 0 Å². The van der Waals surface area contributed by atoms with Gasteiger partial charge in [-0.15, -0.1) is 0 Å². The second-order valence-electron chi connectivity index (χ2n) is 5.03. The third kappa shape index (κ3) is 1.86. The Labute approximate surface area is 107 Å². The van der Waals surface area contributed by atoms with E-state index in [9.17, 15) is 9.90 Å². The molecule has 1 aliphatic rings. The van der Waals surface area contributed by atoms with E-state index in [2.05, 4.69) is 0 Å². The van der Waals surface area contributed by atoms with Gasteiger partial charge in [-0.2, -0.15) is 0 Å². The van der Waals surface area contributed by atoms with Crippen molar-refractivity contribution in [3.8, 4) is 0 Å². The lowest BCUT2D eigenvalue weighted by molar-refractivity contribution is -0.134. The predicted octanol–water partition coefficient (Wildman–Crippen LogP) is 2.17. The van der Waals surface area contributed by atoms with Gasteiger partial charge in [0.1, 0.15) is 0 Å². The van der Waals surface area contributed by atoms with Crippen LogP contribution in [0, 0.1) is 0 Å². The molecule has 0 radical (unpaired) electrons. The van der Waals surface area contributed by atoms with E-state index in [1.54, 1.807) is 13.8 Å².